The fourth-order valence-electron chi connectivity index (χ4n) is 2.38. The van der Waals surface area contributed by atoms with Crippen LogP contribution in [-0.4, -0.2) is 24.8 Å². The molecule has 2 N–H and O–H groups in total. The van der Waals surface area contributed by atoms with Crippen LogP contribution in [0.25, 0.3) is 0 Å². The predicted molar refractivity (Wildman–Crippen MR) is 73.7 cm³/mol. The molecular weight excluding hydrogens is 296 g/mol. The number of hydrogen-bond donors (Lipinski definition) is 1. The Morgan fingerprint density at radius 1 is 1.44 bits per heavy atom. The molecule has 18 heavy (non-hydrogen) atoms. The van der Waals surface area contributed by atoms with Gasteiger partial charge in [0.15, 0.2) is 6.29 Å². The Balaban J connectivity index is 2.41. The minimum Gasteiger partial charge on any atom is -0.368 e. The fraction of sp³-hybridized carbons (Fsp3) is 0.385. The zero-order valence-corrected chi connectivity index (χ0v) is 11.5. The number of piperidine rings is 1. The zero-order valence-electron chi connectivity index (χ0n) is 9.93. The molecule has 1 aliphatic heterocycles. The summed E-state index contributed by atoms with van der Waals surface area (Å²) in [5.41, 5.74) is 6.81. The van der Waals surface area contributed by atoms with Crippen molar-refractivity contribution in [2.45, 2.75) is 25.3 Å². The third kappa shape index (κ3) is 2.56. The van der Waals surface area contributed by atoms with E-state index in [0.29, 0.717) is 5.56 Å². The van der Waals surface area contributed by atoms with E-state index >= 15 is 0 Å². The molecule has 1 aromatic carbocycles. The Bertz CT molecular complexity index is 476. The van der Waals surface area contributed by atoms with E-state index in [1.165, 1.54) is 0 Å². The van der Waals surface area contributed by atoms with Crippen LogP contribution in [0.2, 0.25) is 0 Å². The molecule has 5 heteroatoms. The maximum Gasteiger partial charge on any atom is 0.240 e. The van der Waals surface area contributed by atoms with Crippen LogP contribution in [0.1, 0.15) is 29.6 Å². The van der Waals surface area contributed by atoms with Gasteiger partial charge in [0.25, 0.3) is 0 Å². The smallest absolute Gasteiger partial charge is 0.240 e. The Morgan fingerprint density at radius 2 is 2.22 bits per heavy atom. The largest absolute Gasteiger partial charge is 0.368 e. The number of hydrogen-bond acceptors (Lipinski definition) is 3. The molecule has 0 radical (unpaired) electrons. The number of nitrogens with two attached hydrogens (primary N) is 1. The fourth-order valence-corrected chi connectivity index (χ4v) is 2.73. The molecule has 1 heterocycles. The minimum atomic E-state index is -0.327. The molecule has 1 fully saturated rings. The van der Waals surface area contributed by atoms with Crippen molar-refractivity contribution in [1.82, 2.24) is 0 Å². The molecule has 0 saturated carbocycles. The normalized spacial score (nSPS) is 19.6. The molecule has 1 saturated heterocycles. The first-order valence-corrected chi connectivity index (χ1v) is 6.73. The van der Waals surface area contributed by atoms with Crippen molar-refractivity contribution in [3.05, 3.63) is 28.2 Å². The van der Waals surface area contributed by atoms with E-state index in [0.717, 1.165) is 42.3 Å². The summed E-state index contributed by atoms with van der Waals surface area (Å²) < 4.78 is 0.886. The standard InChI is InChI=1S/C13H15BrN2O2/c14-10-5-4-9(8-17)12(7-10)16-6-2-1-3-11(16)13(15)18/h4-5,7-8,11H,1-3,6H2,(H2,15,18). The second kappa shape index (κ2) is 5.52. The summed E-state index contributed by atoms with van der Waals surface area (Å²) in [5, 5.41) is 0. The highest BCUT2D eigenvalue weighted by Gasteiger charge is 2.28. The molecule has 1 unspecified atom stereocenters. The van der Waals surface area contributed by atoms with Gasteiger partial charge in [-0.3, -0.25) is 9.59 Å². The first-order chi connectivity index (χ1) is 8.63. The van der Waals surface area contributed by atoms with Crippen LogP contribution in [0.15, 0.2) is 22.7 Å². The van der Waals surface area contributed by atoms with Crippen molar-refractivity contribution < 1.29 is 9.59 Å². The third-order valence-electron chi connectivity index (χ3n) is 3.26. The third-order valence-corrected chi connectivity index (χ3v) is 3.75. The highest BCUT2D eigenvalue weighted by atomic mass is 79.9. The van der Waals surface area contributed by atoms with Crippen molar-refractivity contribution in [1.29, 1.82) is 0 Å². The topological polar surface area (TPSA) is 63.4 Å². The second-order valence-corrected chi connectivity index (χ2v) is 5.34. The Hall–Kier alpha value is -1.36. The summed E-state index contributed by atoms with van der Waals surface area (Å²) in [6.07, 6.45) is 3.57. The van der Waals surface area contributed by atoms with Gasteiger partial charge in [-0.25, -0.2) is 0 Å². The molecule has 0 aliphatic carbocycles. The van der Waals surface area contributed by atoms with Gasteiger partial charge in [0, 0.05) is 22.3 Å². The number of primary amides is 1. The van der Waals surface area contributed by atoms with E-state index in [1.807, 2.05) is 17.0 Å². The van der Waals surface area contributed by atoms with Gasteiger partial charge in [-0.1, -0.05) is 15.9 Å². The van der Waals surface area contributed by atoms with Crippen molar-refractivity contribution in [3.63, 3.8) is 0 Å². The second-order valence-electron chi connectivity index (χ2n) is 4.43. The number of nitrogens with zero attached hydrogens (tertiary/aromatic N) is 1. The van der Waals surface area contributed by atoms with Crippen LogP contribution in [0.5, 0.6) is 0 Å². The summed E-state index contributed by atoms with van der Waals surface area (Å²) in [6, 6.07) is 5.12. The molecule has 4 nitrogen and oxygen atoms in total. The maximum atomic E-state index is 11.5. The Kier molecular flexibility index (Phi) is 4.01. The molecule has 0 spiro atoms. The van der Waals surface area contributed by atoms with Gasteiger partial charge in [-0.05, 0) is 37.5 Å². The van der Waals surface area contributed by atoms with Crippen LogP contribution in [0.4, 0.5) is 5.69 Å². The van der Waals surface area contributed by atoms with Crippen LogP contribution in [0, 0.1) is 0 Å². The number of benzene rings is 1. The average Bonchev–Trinajstić information content (AvgIpc) is 2.38. The number of aldehydes is 1. The Morgan fingerprint density at radius 3 is 2.89 bits per heavy atom. The quantitative estimate of drug-likeness (QED) is 0.870. The van der Waals surface area contributed by atoms with Crippen LogP contribution in [-0.2, 0) is 4.79 Å². The molecule has 1 aromatic rings. The lowest BCUT2D eigenvalue weighted by atomic mass is 9.99. The number of halogens is 1. The number of carbonyl (C=O) groups is 2. The summed E-state index contributed by atoms with van der Waals surface area (Å²) in [6.45, 7) is 0.755. The maximum absolute atomic E-state index is 11.5. The highest BCUT2D eigenvalue weighted by molar-refractivity contribution is 9.10. The predicted octanol–water partition coefficient (Wildman–Crippen LogP) is 2.11. The van der Waals surface area contributed by atoms with E-state index in [-0.39, 0.29) is 11.9 Å². The van der Waals surface area contributed by atoms with E-state index in [2.05, 4.69) is 15.9 Å². The van der Waals surface area contributed by atoms with Gasteiger partial charge in [0.2, 0.25) is 5.91 Å². The van der Waals surface area contributed by atoms with Crippen molar-refractivity contribution in [2.75, 3.05) is 11.4 Å². The van der Waals surface area contributed by atoms with Gasteiger partial charge in [0.05, 0.1) is 0 Å². The van der Waals surface area contributed by atoms with E-state index in [1.54, 1.807) is 6.07 Å². The van der Waals surface area contributed by atoms with E-state index < -0.39 is 0 Å². The number of anilines is 1. The van der Waals surface area contributed by atoms with Gasteiger partial charge < -0.3 is 10.6 Å². The van der Waals surface area contributed by atoms with Crippen molar-refractivity contribution in [3.8, 4) is 0 Å². The lowest BCUT2D eigenvalue weighted by Crippen LogP contribution is -2.48. The molecular formula is C13H15BrN2O2. The molecule has 0 aromatic heterocycles. The average molecular weight is 311 g/mol. The van der Waals surface area contributed by atoms with Gasteiger partial charge >= 0.3 is 0 Å². The number of rotatable bonds is 3. The summed E-state index contributed by atoms with van der Waals surface area (Å²) >= 11 is 3.39. The van der Waals surface area contributed by atoms with Crippen LogP contribution in [0.3, 0.4) is 0 Å². The molecule has 1 atom stereocenters. The zero-order chi connectivity index (χ0) is 13.1. The van der Waals surface area contributed by atoms with E-state index in [4.69, 9.17) is 5.73 Å². The molecule has 96 valence electrons. The summed E-state index contributed by atoms with van der Waals surface area (Å²) in [4.78, 5) is 24.5. The van der Waals surface area contributed by atoms with Crippen molar-refractivity contribution >= 4 is 33.8 Å². The van der Waals surface area contributed by atoms with Crippen LogP contribution >= 0.6 is 15.9 Å². The molecule has 1 amide bonds. The SMILES string of the molecule is NC(=O)C1CCCCN1c1cc(Br)ccc1C=O. The first-order valence-electron chi connectivity index (χ1n) is 5.94. The van der Waals surface area contributed by atoms with Crippen LogP contribution < -0.4 is 10.6 Å². The van der Waals surface area contributed by atoms with Gasteiger partial charge in [0.1, 0.15) is 6.04 Å². The molecule has 1 aliphatic rings. The van der Waals surface area contributed by atoms with E-state index in [9.17, 15) is 9.59 Å². The number of amides is 1. The minimum absolute atomic E-state index is 0.313. The van der Waals surface area contributed by atoms with Gasteiger partial charge in [-0.15, -0.1) is 0 Å². The summed E-state index contributed by atoms with van der Waals surface area (Å²) in [7, 11) is 0. The number of carbonyl (C=O) groups excluding carboxylic acids is 2. The Labute approximate surface area is 114 Å². The van der Waals surface area contributed by atoms with Crippen molar-refractivity contribution in [2.24, 2.45) is 5.73 Å². The summed E-state index contributed by atoms with van der Waals surface area (Å²) in [5.74, 6) is -0.327. The lowest BCUT2D eigenvalue weighted by Gasteiger charge is -2.36. The monoisotopic (exact) mass is 310 g/mol. The van der Waals surface area contributed by atoms with Gasteiger partial charge in [-0.2, -0.15) is 0 Å². The first kappa shape index (κ1) is 13.1. The molecule has 2 rings (SSSR count). The molecule has 0 bridgehead atoms. The lowest BCUT2D eigenvalue weighted by molar-refractivity contribution is -0.119. The highest BCUT2D eigenvalue weighted by Crippen LogP contribution is 2.29.